The van der Waals surface area contributed by atoms with E-state index in [0.717, 1.165) is 6.42 Å². The van der Waals surface area contributed by atoms with Crippen LogP contribution in [0.4, 0.5) is 0 Å². The van der Waals surface area contributed by atoms with Crippen LogP contribution in [0.1, 0.15) is 46.0 Å². The number of hydrogen-bond acceptors (Lipinski definition) is 3. The smallest absolute Gasteiger partial charge is 0.0681 e. The SMILES string of the molecule is CCC(C)OCC(CO)(NC1CC1)C1CC1. The minimum absolute atomic E-state index is 0.148. The van der Waals surface area contributed by atoms with Gasteiger partial charge in [0.15, 0.2) is 0 Å². The molecule has 2 unspecified atom stereocenters. The van der Waals surface area contributed by atoms with Crippen LogP contribution in [-0.2, 0) is 4.74 Å². The van der Waals surface area contributed by atoms with E-state index in [1.807, 2.05) is 0 Å². The molecule has 2 N–H and O–H groups in total. The van der Waals surface area contributed by atoms with Crippen LogP contribution in [0.5, 0.6) is 0 Å². The van der Waals surface area contributed by atoms with Crippen LogP contribution < -0.4 is 5.32 Å². The second-order valence-corrected chi connectivity index (χ2v) is 5.54. The highest BCUT2D eigenvalue weighted by Crippen LogP contribution is 2.41. The molecular weight excluding hydrogens is 202 g/mol. The minimum atomic E-state index is -0.148. The fourth-order valence-corrected chi connectivity index (χ4v) is 2.18. The van der Waals surface area contributed by atoms with Crippen molar-refractivity contribution in [2.24, 2.45) is 5.92 Å². The molecule has 0 heterocycles. The van der Waals surface area contributed by atoms with E-state index in [2.05, 4.69) is 19.2 Å². The molecule has 2 saturated carbocycles. The monoisotopic (exact) mass is 227 g/mol. The van der Waals surface area contributed by atoms with Crippen molar-refractivity contribution in [3.8, 4) is 0 Å². The maximum Gasteiger partial charge on any atom is 0.0681 e. The van der Waals surface area contributed by atoms with Gasteiger partial charge in [0, 0.05) is 6.04 Å². The van der Waals surface area contributed by atoms with Gasteiger partial charge < -0.3 is 15.2 Å². The lowest BCUT2D eigenvalue weighted by Gasteiger charge is -2.34. The predicted octanol–water partition coefficient (Wildman–Crippen LogP) is 1.69. The lowest BCUT2D eigenvalue weighted by Crippen LogP contribution is -2.55. The summed E-state index contributed by atoms with van der Waals surface area (Å²) in [5.41, 5.74) is -0.148. The van der Waals surface area contributed by atoms with Gasteiger partial charge in [-0.05, 0) is 44.9 Å². The Morgan fingerprint density at radius 1 is 1.38 bits per heavy atom. The van der Waals surface area contributed by atoms with E-state index in [1.54, 1.807) is 0 Å². The molecule has 0 amide bonds. The largest absolute Gasteiger partial charge is 0.394 e. The third-order valence-electron chi connectivity index (χ3n) is 3.91. The number of ether oxygens (including phenoxy) is 1. The topological polar surface area (TPSA) is 41.5 Å². The van der Waals surface area contributed by atoms with E-state index in [4.69, 9.17) is 4.74 Å². The summed E-state index contributed by atoms with van der Waals surface area (Å²) in [5, 5.41) is 13.3. The number of rotatable bonds is 8. The Balaban J connectivity index is 1.89. The van der Waals surface area contributed by atoms with Crippen molar-refractivity contribution >= 4 is 0 Å². The maximum absolute atomic E-state index is 9.71. The highest BCUT2D eigenvalue weighted by atomic mass is 16.5. The average Bonchev–Trinajstić information content (AvgIpc) is 3.15. The van der Waals surface area contributed by atoms with Gasteiger partial charge in [-0.1, -0.05) is 6.92 Å². The van der Waals surface area contributed by atoms with Gasteiger partial charge in [-0.3, -0.25) is 0 Å². The van der Waals surface area contributed by atoms with Gasteiger partial charge in [-0.25, -0.2) is 0 Å². The van der Waals surface area contributed by atoms with E-state index >= 15 is 0 Å². The summed E-state index contributed by atoms with van der Waals surface area (Å²) in [4.78, 5) is 0. The number of nitrogens with one attached hydrogen (secondary N) is 1. The molecule has 0 saturated heterocycles. The zero-order valence-electron chi connectivity index (χ0n) is 10.5. The summed E-state index contributed by atoms with van der Waals surface area (Å²) in [6.45, 7) is 5.12. The molecule has 0 spiro atoms. The van der Waals surface area contributed by atoms with Crippen LogP contribution in [-0.4, -0.2) is 36.0 Å². The molecule has 2 fully saturated rings. The van der Waals surface area contributed by atoms with Gasteiger partial charge in [0.2, 0.25) is 0 Å². The molecule has 2 aliphatic carbocycles. The summed E-state index contributed by atoms with van der Waals surface area (Å²) < 4.78 is 5.86. The Morgan fingerprint density at radius 3 is 2.50 bits per heavy atom. The molecule has 0 aliphatic heterocycles. The summed E-state index contributed by atoms with van der Waals surface area (Å²) in [6.07, 6.45) is 6.34. The fourth-order valence-electron chi connectivity index (χ4n) is 2.18. The normalized spacial score (nSPS) is 26.4. The molecule has 0 radical (unpaired) electrons. The Bertz CT molecular complexity index is 226. The first kappa shape index (κ1) is 12.3. The summed E-state index contributed by atoms with van der Waals surface area (Å²) in [6, 6.07) is 0.633. The summed E-state index contributed by atoms with van der Waals surface area (Å²) in [5.74, 6) is 0.627. The summed E-state index contributed by atoms with van der Waals surface area (Å²) in [7, 11) is 0. The molecule has 3 heteroatoms. The van der Waals surface area contributed by atoms with Crippen LogP contribution in [0.3, 0.4) is 0 Å². The molecule has 3 nitrogen and oxygen atoms in total. The van der Waals surface area contributed by atoms with E-state index in [1.165, 1.54) is 25.7 Å². The second-order valence-electron chi connectivity index (χ2n) is 5.54. The van der Waals surface area contributed by atoms with E-state index in [9.17, 15) is 5.11 Å². The van der Waals surface area contributed by atoms with Crippen LogP contribution in [0, 0.1) is 5.92 Å². The van der Waals surface area contributed by atoms with Crippen molar-refractivity contribution in [1.82, 2.24) is 5.32 Å². The first-order valence-electron chi connectivity index (χ1n) is 6.70. The molecular formula is C13H25NO2. The highest BCUT2D eigenvalue weighted by molar-refractivity contribution is 5.04. The van der Waals surface area contributed by atoms with Gasteiger partial charge >= 0.3 is 0 Å². The third-order valence-corrected chi connectivity index (χ3v) is 3.91. The van der Waals surface area contributed by atoms with Gasteiger partial charge in [0.25, 0.3) is 0 Å². The first-order chi connectivity index (χ1) is 7.70. The van der Waals surface area contributed by atoms with Crippen LogP contribution >= 0.6 is 0 Å². The quantitative estimate of drug-likeness (QED) is 0.663. The second kappa shape index (κ2) is 5.03. The average molecular weight is 227 g/mol. The van der Waals surface area contributed by atoms with E-state index in [0.29, 0.717) is 24.7 Å². The lowest BCUT2D eigenvalue weighted by molar-refractivity contribution is -0.0132. The van der Waals surface area contributed by atoms with E-state index < -0.39 is 0 Å². The molecule has 2 aliphatic rings. The molecule has 0 aromatic rings. The van der Waals surface area contributed by atoms with Crippen LogP contribution in [0.2, 0.25) is 0 Å². The number of aliphatic hydroxyl groups excluding tert-OH is 1. The number of hydrogen-bond donors (Lipinski definition) is 2. The number of aliphatic hydroxyl groups is 1. The van der Waals surface area contributed by atoms with Crippen molar-refractivity contribution < 1.29 is 9.84 Å². The Kier molecular flexibility index (Phi) is 3.88. The Hall–Kier alpha value is -0.120. The molecule has 2 rings (SSSR count). The molecule has 2 atom stereocenters. The van der Waals surface area contributed by atoms with Crippen molar-refractivity contribution in [1.29, 1.82) is 0 Å². The third kappa shape index (κ3) is 2.96. The fraction of sp³-hybridized carbons (Fsp3) is 1.00. The Morgan fingerprint density at radius 2 is 2.06 bits per heavy atom. The van der Waals surface area contributed by atoms with Gasteiger partial charge in [0.05, 0.1) is 24.9 Å². The zero-order valence-corrected chi connectivity index (χ0v) is 10.5. The Labute approximate surface area is 98.6 Å². The maximum atomic E-state index is 9.71. The molecule has 94 valence electrons. The van der Waals surface area contributed by atoms with Crippen molar-refractivity contribution in [3.63, 3.8) is 0 Å². The minimum Gasteiger partial charge on any atom is -0.394 e. The van der Waals surface area contributed by atoms with Crippen molar-refractivity contribution in [2.45, 2.75) is 63.6 Å². The molecule has 0 aromatic carbocycles. The van der Waals surface area contributed by atoms with Crippen LogP contribution in [0.25, 0.3) is 0 Å². The zero-order chi connectivity index (χ0) is 11.6. The standard InChI is InChI=1S/C13H25NO2/c1-3-10(2)16-9-13(8-15,11-4-5-11)14-12-6-7-12/h10-12,14-15H,3-9H2,1-2H3. The molecule has 0 bridgehead atoms. The van der Waals surface area contributed by atoms with Gasteiger partial charge in [-0.2, -0.15) is 0 Å². The summed E-state index contributed by atoms with van der Waals surface area (Å²) >= 11 is 0. The van der Waals surface area contributed by atoms with Gasteiger partial charge in [-0.15, -0.1) is 0 Å². The lowest BCUT2D eigenvalue weighted by atomic mass is 9.95. The molecule has 0 aromatic heterocycles. The molecule has 16 heavy (non-hydrogen) atoms. The highest BCUT2D eigenvalue weighted by Gasteiger charge is 2.47. The van der Waals surface area contributed by atoms with Crippen molar-refractivity contribution in [2.75, 3.05) is 13.2 Å². The van der Waals surface area contributed by atoms with Crippen molar-refractivity contribution in [3.05, 3.63) is 0 Å². The first-order valence-corrected chi connectivity index (χ1v) is 6.70. The predicted molar refractivity (Wildman–Crippen MR) is 64.4 cm³/mol. The van der Waals surface area contributed by atoms with Crippen LogP contribution in [0.15, 0.2) is 0 Å². The van der Waals surface area contributed by atoms with E-state index in [-0.39, 0.29) is 12.1 Å². The van der Waals surface area contributed by atoms with Gasteiger partial charge in [0.1, 0.15) is 0 Å².